The lowest BCUT2D eigenvalue weighted by Crippen LogP contribution is -2.09. The van der Waals surface area contributed by atoms with E-state index in [-0.39, 0.29) is 24.9 Å². The highest BCUT2D eigenvalue weighted by Gasteiger charge is 2.23. The third-order valence-corrected chi connectivity index (χ3v) is 3.07. The Morgan fingerprint density at radius 2 is 2.14 bits per heavy atom. The van der Waals surface area contributed by atoms with Gasteiger partial charge in [-0.05, 0) is 31.8 Å². The monoisotopic (exact) mass is 292 g/mol. The van der Waals surface area contributed by atoms with Crippen LogP contribution in [0, 0.1) is 17.8 Å². The van der Waals surface area contributed by atoms with E-state index in [9.17, 15) is 15.0 Å². The number of hydrogen-bond acceptors (Lipinski definition) is 4. The van der Waals surface area contributed by atoms with Gasteiger partial charge in [0, 0.05) is 6.42 Å². The number of carbonyl (C=O) groups is 1. The van der Waals surface area contributed by atoms with Gasteiger partial charge in [-0.3, -0.25) is 4.79 Å². The zero-order valence-electron chi connectivity index (χ0n) is 12.5. The Kier molecular flexibility index (Phi) is 8.49. The molecule has 0 heterocycles. The van der Waals surface area contributed by atoms with Gasteiger partial charge in [0.15, 0.2) is 0 Å². The normalized spacial score (nSPS) is 17.5. The summed E-state index contributed by atoms with van der Waals surface area (Å²) in [6.45, 7) is 2.09. The topological polar surface area (TPSA) is 66.8 Å². The van der Waals surface area contributed by atoms with Crippen LogP contribution in [0.2, 0.25) is 0 Å². The predicted octanol–water partition coefficient (Wildman–Crippen LogP) is 1.97. The highest BCUT2D eigenvalue weighted by atomic mass is 16.5. The van der Waals surface area contributed by atoms with Crippen molar-refractivity contribution in [2.75, 3.05) is 6.61 Å². The first-order valence-corrected chi connectivity index (χ1v) is 7.48. The quantitative estimate of drug-likeness (QED) is 0.408. The average molecular weight is 292 g/mol. The predicted molar refractivity (Wildman–Crippen MR) is 81.3 cm³/mol. The van der Waals surface area contributed by atoms with Crippen molar-refractivity contribution in [2.45, 2.75) is 51.2 Å². The number of ether oxygens (including phenoxy) is 1. The fraction of sp³-hybridized carbons (Fsp3) is 0.588. The van der Waals surface area contributed by atoms with Crippen LogP contribution in [0.4, 0.5) is 0 Å². The molecule has 2 unspecified atom stereocenters. The van der Waals surface area contributed by atoms with Crippen LogP contribution in [0.15, 0.2) is 24.3 Å². The van der Waals surface area contributed by atoms with Crippen molar-refractivity contribution in [3.8, 4) is 11.8 Å². The molecular weight excluding hydrogens is 268 g/mol. The first-order valence-electron chi connectivity index (χ1n) is 7.48. The maximum atomic E-state index is 11.1. The van der Waals surface area contributed by atoms with Crippen molar-refractivity contribution in [3.63, 3.8) is 0 Å². The maximum absolute atomic E-state index is 11.1. The van der Waals surface area contributed by atoms with Crippen LogP contribution in [0.1, 0.15) is 39.0 Å². The van der Waals surface area contributed by atoms with Gasteiger partial charge in [-0.2, -0.15) is 0 Å². The summed E-state index contributed by atoms with van der Waals surface area (Å²) in [5.74, 6) is 5.71. The number of aliphatic hydroxyl groups excluding tert-OH is 2. The van der Waals surface area contributed by atoms with Gasteiger partial charge in [0.25, 0.3) is 0 Å². The molecule has 0 aromatic rings. The summed E-state index contributed by atoms with van der Waals surface area (Å²) in [6.07, 6.45) is 9.36. The number of hydrogen-bond donors (Lipinski definition) is 2. The Morgan fingerprint density at radius 1 is 1.38 bits per heavy atom. The van der Waals surface area contributed by atoms with E-state index in [1.807, 2.05) is 0 Å². The molecule has 0 aliphatic heterocycles. The van der Waals surface area contributed by atoms with Crippen molar-refractivity contribution in [1.29, 1.82) is 0 Å². The van der Waals surface area contributed by atoms with Crippen molar-refractivity contribution < 1.29 is 19.7 Å². The van der Waals surface area contributed by atoms with E-state index in [0.29, 0.717) is 12.5 Å². The van der Waals surface area contributed by atoms with Gasteiger partial charge in [-0.15, -0.1) is 0 Å². The number of carbonyl (C=O) groups excluding carboxylic acids is 1. The van der Waals surface area contributed by atoms with E-state index in [4.69, 9.17) is 4.74 Å². The van der Waals surface area contributed by atoms with Gasteiger partial charge in [-0.25, -0.2) is 0 Å². The molecule has 1 aliphatic rings. The Bertz CT molecular complexity index is 424. The maximum Gasteiger partial charge on any atom is 0.305 e. The fourth-order valence-corrected chi connectivity index (χ4v) is 1.77. The molecule has 21 heavy (non-hydrogen) atoms. The van der Waals surface area contributed by atoms with Crippen molar-refractivity contribution in [2.24, 2.45) is 5.92 Å². The van der Waals surface area contributed by atoms with Gasteiger partial charge >= 0.3 is 5.97 Å². The lowest BCUT2D eigenvalue weighted by molar-refractivity contribution is -0.143. The molecule has 0 amide bonds. The molecule has 0 radical (unpaired) electrons. The molecule has 2 N–H and O–H groups in total. The van der Waals surface area contributed by atoms with E-state index in [0.717, 1.165) is 6.42 Å². The summed E-state index contributed by atoms with van der Waals surface area (Å²) in [5.41, 5.74) is 0. The summed E-state index contributed by atoms with van der Waals surface area (Å²) in [6, 6.07) is 0. The van der Waals surface area contributed by atoms with Crippen molar-refractivity contribution in [1.82, 2.24) is 0 Å². The lowest BCUT2D eigenvalue weighted by Gasteiger charge is -2.02. The van der Waals surface area contributed by atoms with Crippen LogP contribution in [0.3, 0.4) is 0 Å². The summed E-state index contributed by atoms with van der Waals surface area (Å²) >= 11 is 0. The molecule has 0 aromatic carbocycles. The van der Waals surface area contributed by atoms with E-state index < -0.39 is 6.10 Å². The average Bonchev–Trinajstić information content (AvgIpc) is 3.24. The van der Waals surface area contributed by atoms with Gasteiger partial charge < -0.3 is 14.9 Å². The minimum atomic E-state index is -0.830. The number of allylic oxidation sites excluding steroid dienone is 3. The number of rotatable bonds is 8. The van der Waals surface area contributed by atoms with Crippen LogP contribution in [0.5, 0.6) is 0 Å². The molecular formula is C17H24O4. The second-order valence-corrected chi connectivity index (χ2v) is 5.14. The summed E-state index contributed by atoms with van der Waals surface area (Å²) < 4.78 is 4.76. The summed E-state index contributed by atoms with van der Waals surface area (Å²) in [7, 11) is 0. The SMILES string of the molecule is CCOC(=O)CCC(O)C#CC=CC=CC(O)CC1CC1. The molecule has 4 heteroatoms. The minimum Gasteiger partial charge on any atom is -0.466 e. The zero-order valence-corrected chi connectivity index (χ0v) is 12.5. The van der Waals surface area contributed by atoms with Gasteiger partial charge in [0.05, 0.1) is 12.7 Å². The molecule has 0 bridgehead atoms. The van der Waals surface area contributed by atoms with E-state index in [1.54, 1.807) is 31.2 Å². The second kappa shape index (κ2) is 10.2. The molecule has 0 saturated heterocycles. The molecule has 0 aromatic heterocycles. The fourth-order valence-electron chi connectivity index (χ4n) is 1.77. The number of esters is 1. The largest absolute Gasteiger partial charge is 0.466 e. The molecule has 1 fully saturated rings. The van der Waals surface area contributed by atoms with Crippen LogP contribution in [-0.2, 0) is 9.53 Å². The molecule has 1 aliphatic carbocycles. The molecule has 4 nitrogen and oxygen atoms in total. The smallest absolute Gasteiger partial charge is 0.305 e. The Balaban J connectivity index is 2.16. The van der Waals surface area contributed by atoms with E-state index >= 15 is 0 Å². The van der Waals surface area contributed by atoms with E-state index in [2.05, 4.69) is 11.8 Å². The molecule has 1 rings (SSSR count). The van der Waals surface area contributed by atoms with Gasteiger partial charge in [0.1, 0.15) is 6.10 Å². The standard InChI is InChI=1S/C17H24O4/c1-2-21-17(20)12-11-15(18)7-5-3-4-6-8-16(19)13-14-9-10-14/h3-4,6,8,14-16,18-19H,2,9-13H2,1H3. The van der Waals surface area contributed by atoms with Gasteiger partial charge in [0.2, 0.25) is 0 Å². The lowest BCUT2D eigenvalue weighted by atomic mass is 10.1. The molecule has 2 atom stereocenters. The Hall–Kier alpha value is -1.57. The highest BCUT2D eigenvalue weighted by molar-refractivity contribution is 5.69. The van der Waals surface area contributed by atoms with Crippen LogP contribution >= 0.6 is 0 Å². The second-order valence-electron chi connectivity index (χ2n) is 5.14. The molecule has 1 saturated carbocycles. The van der Waals surface area contributed by atoms with Crippen LogP contribution < -0.4 is 0 Å². The van der Waals surface area contributed by atoms with Crippen LogP contribution in [0.25, 0.3) is 0 Å². The number of aliphatic hydroxyl groups is 2. The first kappa shape index (κ1) is 17.5. The summed E-state index contributed by atoms with van der Waals surface area (Å²) in [5, 5.41) is 19.2. The van der Waals surface area contributed by atoms with Crippen LogP contribution in [-0.4, -0.2) is 35.0 Å². The minimum absolute atomic E-state index is 0.167. The van der Waals surface area contributed by atoms with Crippen molar-refractivity contribution >= 4 is 5.97 Å². The first-order chi connectivity index (χ1) is 10.1. The van der Waals surface area contributed by atoms with Crippen molar-refractivity contribution in [3.05, 3.63) is 24.3 Å². The van der Waals surface area contributed by atoms with E-state index in [1.165, 1.54) is 12.8 Å². The third kappa shape index (κ3) is 9.89. The zero-order chi connectivity index (χ0) is 15.5. The van der Waals surface area contributed by atoms with Gasteiger partial charge in [-0.1, -0.05) is 42.9 Å². The Labute approximate surface area is 126 Å². The highest BCUT2D eigenvalue weighted by Crippen LogP contribution is 2.33. The molecule has 116 valence electrons. The third-order valence-electron chi connectivity index (χ3n) is 3.07. The molecule has 0 spiro atoms. The summed E-state index contributed by atoms with van der Waals surface area (Å²) in [4.78, 5) is 11.1. The Morgan fingerprint density at radius 3 is 2.81 bits per heavy atom.